The molecular formula is C24H24N2O2. The van der Waals surface area contributed by atoms with Crippen LogP contribution in [0.3, 0.4) is 0 Å². The van der Waals surface area contributed by atoms with E-state index in [1.807, 2.05) is 24.3 Å². The van der Waals surface area contributed by atoms with Crippen LogP contribution in [0.25, 0.3) is 0 Å². The van der Waals surface area contributed by atoms with Crippen LogP contribution in [-0.2, 0) is 26.2 Å². The van der Waals surface area contributed by atoms with E-state index in [1.54, 1.807) is 0 Å². The molecule has 2 heterocycles. The van der Waals surface area contributed by atoms with E-state index in [0.717, 1.165) is 37.7 Å². The highest BCUT2D eigenvalue weighted by molar-refractivity contribution is 5.35. The van der Waals surface area contributed by atoms with Gasteiger partial charge in [0.25, 0.3) is 0 Å². The molecule has 0 N–H and O–H groups in total. The first kappa shape index (κ1) is 17.3. The summed E-state index contributed by atoms with van der Waals surface area (Å²) in [7, 11) is 0. The quantitative estimate of drug-likeness (QED) is 0.678. The average Bonchev–Trinajstić information content (AvgIpc) is 2.74. The van der Waals surface area contributed by atoms with E-state index in [4.69, 9.17) is 9.47 Å². The summed E-state index contributed by atoms with van der Waals surface area (Å²) in [5.74, 6) is 2.02. The van der Waals surface area contributed by atoms with Crippen molar-refractivity contribution in [2.24, 2.45) is 0 Å². The van der Waals surface area contributed by atoms with Gasteiger partial charge in [-0.05, 0) is 23.3 Å². The molecule has 142 valence electrons. The molecule has 28 heavy (non-hydrogen) atoms. The van der Waals surface area contributed by atoms with Gasteiger partial charge < -0.3 is 9.47 Å². The molecule has 2 aliphatic rings. The third kappa shape index (κ3) is 3.75. The minimum absolute atomic E-state index is 0.637. The van der Waals surface area contributed by atoms with Gasteiger partial charge in [0.05, 0.1) is 0 Å². The zero-order valence-electron chi connectivity index (χ0n) is 15.9. The summed E-state index contributed by atoms with van der Waals surface area (Å²) in [6.07, 6.45) is 0. The number of hydrogen-bond donors (Lipinski definition) is 0. The second kappa shape index (κ2) is 7.66. The number of fused-ring (bicyclic) bond motifs is 2. The summed E-state index contributed by atoms with van der Waals surface area (Å²) in [5.41, 5.74) is 5.15. The average molecular weight is 372 g/mol. The smallest absolute Gasteiger partial charge is 0.142 e. The Morgan fingerprint density at radius 3 is 1.64 bits per heavy atom. The van der Waals surface area contributed by atoms with Crippen molar-refractivity contribution in [2.45, 2.75) is 26.2 Å². The Labute approximate surface area is 165 Å². The van der Waals surface area contributed by atoms with Gasteiger partial charge in [-0.3, -0.25) is 9.80 Å². The first-order valence-electron chi connectivity index (χ1n) is 9.77. The van der Waals surface area contributed by atoms with Crippen molar-refractivity contribution >= 4 is 0 Å². The standard InChI is InChI=1S/C24H24N2O2/c1-3-10-23-21(8-1)15-25(17-27-23)13-19-6-5-7-20(12-19)14-26-16-22-9-2-4-11-24(22)28-18-26/h1-12H,13-18H2. The summed E-state index contributed by atoms with van der Waals surface area (Å²) in [5, 5.41) is 0. The van der Waals surface area contributed by atoms with Crippen LogP contribution in [0, 0.1) is 0 Å². The highest BCUT2D eigenvalue weighted by Gasteiger charge is 2.18. The number of hydrogen-bond acceptors (Lipinski definition) is 4. The fourth-order valence-corrected chi connectivity index (χ4v) is 3.99. The Morgan fingerprint density at radius 1 is 0.607 bits per heavy atom. The Bertz CT molecular complexity index is 897. The SMILES string of the molecule is c1cc(CN2COc3ccccc3C2)cc(CN2COc3ccccc3C2)c1. The van der Waals surface area contributed by atoms with Gasteiger partial charge in [-0.15, -0.1) is 0 Å². The summed E-state index contributed by atoms with van der Waals surface area (Å²) in [4.78, 5) is 4.67. The topological polar surface area (TPSA) is 24.9 Å². The van der Waals surface area contributed by atoms with Crippen LogP contribution in [0.1, 0.15) is 22.3 Å². The summed E-state index contributed by atoms with van der Waals surface area (Å²) in [6.45, 7) is 4.91. The van der Waals surface area contributed by atoms with Gasteiger partial charge in [0.15, 0.2) is 0 Å². The maximum Gasteiger partial charge on any atom is 0.142 e. The minimum atomic E-state index is 0.637. The lowest BCUT2D eigenvalue weighted by Gasteiger charge is -2.30. The van der Waals surface area contributed by atoms with E-state index in [2.05, 4.69) is 58.3 Å². The molecule has 0 amide bonds. The second-order valence-electron chi connectivity index (χ2n) is 7.56. The maximum atomic E-state index is 5.89. The molecular weight excluding hydrogens is 348 g/mol. The van der Waals surface area contributed by atoms with Crippen LogP contribution in [-0.4, -0.2) is 23.3 Å². The van der Waals surface area contributed by atoms with Gasteiger partial charge in [-0.2, -0.15) is 0 Å². The zero-order valence-corrected chi connectivity index (χ0v) is 15.9. The predicted octanol–water partition coefficient (Wildman–Crippen LogP) is 4.39. The summed E-state index contributed by atoms with van der Waals surface area (Å²) < 4.78 is 11.8. The molecule has 0 bridgehead atoms. The van der Waals surface area contributed by atoms with Gasteiger partial charge >= 0.3 is 0 Å². The highest BCUT2D eigenvalue weighted by Crippen LogP contribution is 2.27. The van der Waals surface area contributed by atoms with Crippen LogP contribution < -0.4 is 9.47 Å². The molecule has 0 fully saturated rings. The fraction of sp³-hybridized carbons (Fsp3) is 0.250. The second-order valence-corrected chi connectivity index (χ2v) is 7.56. The highest BCUT2D eigenvalue weighted by atomic mass is 16.5. The lowest BCUT2D eigenvalue weighted by Crippen LogP contribution is -2.32. The van der Waals surface area contributed by atoms with E-state index in [0.29, 0.717) is 13.5 Å². The maximum absolute atomic E-state index is 5.89. The number of para-hydroxylation sites is 2. The Morgan fingerprint density at radius 2 is 1.11 bits per heavy atom. The minimum Gasteiger partial charge on any atom is -0.478 e. The molecule has 0 aromatic heterocycles. The van der Waals surface area contributed by atoms with Gasteiger partial charge in [-0.1, -0.05) is 60.7 Å². The molecule has 5 rings (SSSR count). The number of rotatable bonds is 4. The molecule has 0 saturated heterocycles. The summed E-state index contributed by atoms with van der Waals surface area (Å²) in [6, 6.07) is 25.5. The van der Waals surface area contributed by atoms with E-state index < -0.39 is 0 Å². The molecule has 3 aromatic rings. The molecule has 0 spiro atoms. The van der Waals surface area contributed by atoms with E-state index in [9.17, 15) is 0 Å². The molecule has 3 aromatic carbocycles. The van der Waals surface area contributed by atoms with Gasteiger partial charge in [-0.25, -0.2) is 0 Å². The van der Waals surface area contributed by atoms with Crippen molar-refractivity contribution in [3.05, 3.63) is 95.1 Å². The van der Waals surface area contributed by atoms with Crippen molar-refractivity contribution < 1.29 is 9.47 Å². The first-order chi connectivity index (χ1) is 13.8. The van der Waals surface area contributed by atoms with Crippen LogP contribution in [0.2, 0.25) is 0 Å². The van der Waals surface area contributed by atoms with E-state index in [-0.39, 0.29) is 0 Å². The van der Waals surface area contributed by atoms with Gasteiger partial charge in [0.2, 0.25) is 0 Å². The molecule has 2 aliphatic heterocycles. The Hall–Kier alpha value is -2.82. The number of benzene rings is 3. The summed E-state index contributed by atoms with van der Waals surface area (Å²) >= 11 is 0. The van der Waals surface area contributed by atoms with E-state index in [1.165, 1.54) is 22.3 Å². The molecule has 0 radical (unpaired) electrons. The molecule has 0 atom stereocenters. The van der Waals surface area contributed by atoms with Crippen molar-refractivity contribution in [1.29, 1.82) is 0 Å². The Kier molecular flexibility index (Phi) is 4.73. The van der Waals surface area contributed by atoms with Crippen LogP contribution in [0.4, 0.5) is 0 Å². The van der Waals surface area contributed by atoms with E-state index >= 15 is 0 Å². The molecule has 0 saturated carbocycles. The van der Waals surface area contributed by atoms with Crippen molar-refractivity contribution in [3.63, 3.8) is 0 Å². The van der Waals surface area contributed by atoms with Crippen molar-refractivity contribution in [1.82, 2.24) is 9.80 Å². The van der Waals surface area contributed by atoms with Gasteiger partial charge in [0, 0.05) is 37.3 Å². The lowest BCUT2D eigenvalue weighted by molar-refractivity contribution is 0.0870. The molecule has 4 nitrogen and oxygen atoms in total. The fourth-order valence-electron chi connectivity index (χ4n) is 3.99. The van der Waals surface area contributed by atoms with Crippen LogP contribution >= 0.6 is 0 Å². The van der Waals surface area contributed by atoms with Gasteiger partial charge in [0.1, 0.15) is 25.0 Å². The normalized spacial score (nSPS) is 16.6. The predicted molar refractivity (Wildman–Crippen MR) is 109 cm³/mol. The number of nitrogens with zero attached hydrogens (tertiary/aromatic N) is 2. The lowest BCUT2D eigenvalue weighted by atomic mass is 10.1. The molecule has 0 unspecified atom stereocenters. The van der Waals surface area contributed by atoms with Crippen LogP contribution in [0.5, 0.6) is 11.5 Å². The molecule has 4 heteroatoms. The largest absolute Gasteiger partial charge is 0.478 e. The van der Waals surface area contributed by atoms with Crippen molar-refractivity contribution in [2.75, 3.05) is 13.5 Å². The van der Waals surface area contributed by atoms with Crippen molar-refractivity contribution in [3.8, 4) is 11.5 Å². The third-order valence-electron chi connectivity index (χ3n) is 5.34. The Balaban J connectivity index is 1.24. The third-order valence-corrected chi connectivity index (χ3v) is 5.34. The first-order valence-corrected chi connectivity index (χ1v) is 9.77. The molecule has 0 aliphatic carbocycles. The number of ether oxygens (including phenoxy) is 2. The monoisotopic (exact) mass is 372 g/mol. The van der Waals surface area contributed by atoms with Crippen LogP contribution in [0.15, 0.2) is 72.8 Å². The zero-order chi connectivity index (χ0) is 18.8.